The molecule has 0 atom stereocenters. The number of anilines is 1. The highest BCUT2D eigenvalue weighted by Gasteiger charge is 2.04. The molecule has 0 aliphatic heterocycles. The lowest BCUT2D eigenvalue weighted by Gasteiger charge is -2.00. The van der Waals surface area contributed by atoms with Gasteiger partial charge in [0.2, 0.25) is 0 Å². The number of nitrogens with two attached hydrogens (primary N) is 1. The van der Waals surface area contributed by atoms with Crippen LogP contribution >= 0.6 is 11.8 Å². The minimum absolute atomic E-state index is 0.495. The highest BCUT2D eigenvalue weighted by Crippen LogP contribution is 2.18. The predicted molar refractivity (Wildman–Crippen MR) is 61.7 cm³/mol. The second-order valence-corrected chi connectivity index (χ2v) is 4.33. The van der Waals surface area contributed by atoms with Crippen LogP contribution < -0.4 is 5.73 Å². The summed E-state index contributed by atoms with van der Waals surface area (Å²) in [5.74, 6) is 1.19. The zero-order chi connectivity index (χ0) is 11.5. The number of hydrogen-bond donors (Lipinski definition) is 1. The van der Waals surface area contributed by atoms with Crippen LogP contribution in [-0.2, 0) is 12.8 Å². The molecule has 2 aromatic rings. The van der Waals surface area contributed by atoms with Gasteiger partial charge >= 0.3 is 0 Å². The maximum atomic E-state index is 5.64. The highest BCUT2D eigenvalue weighted by atomic mass is 32.2. The quantitative estimate of drug-likeness (QED) is 0.626. The molecular formula is C9H12N6S. The fourth-order valence-corrected chi connectivity index (χ4v) is 2.02. The first-order chi connectivity index (χ1) is 7.63. The number of hydrogen-bond acceptors (Lipinski definition) is 6. The summed E-state index contributed by atoms with van der Waals surface area (Å²) < 4.78 is 1.67. The Bertz CT molecular complexity index is 474. The Hall–Kier alpha value is -1.63. The Balaban J connectivity index is 2.04. The summed E-state index contributed by atoms with van der Waals surface area (Å²) in [5, 5.41) is 8.50. The zero-order valence-corrected chi connectivity index (χ0v) is 9.90. The van der Waals surface area contributed by atoms with Crippen LogP contribution in [0.4, 0.5) is 5.82 Å². The fraction of sp³-hybridized carbons (Fsp3) is 0.333. The third-order valence-electron chi connectivity index (χ3n) is 1.85. The maximum absolute atomic E-state index is 5.64. The molecule has 16 heavy (non-hydrogen) atoms. The molecule has 0 bridgehead atoms. The fourth-order valence-electron chi connectivity index (χ4n) is 1.23. The van der Waals surface area contributed by atoms with Crippen LogP contribution in [0.5, 0.6) is 0 Å². The standard InChI is InChI=1S/C9H12N6S/c1-6-3-8(10)12-9(11-6)16-5-7-4-15(2)14-13-7/h3-4H,5H2,1-2H3,(H2,10,11,12). The van der Waals surface area contributed by atoms with Crippen molar-refractivity contribution < 1.29 is 0 Å². The number of aryl methyl sites for hydroxylation is 2. The van der Waals surface area contributed by atoms with E-state index in [1.165, 1.54) is 11.8 Å². The largest absolute Gasteiger partial charge is 0.384 e. The van der Waals surface area contributed by atoms with Crippen molar-refractivity contribution in [1.29, 1.82) is 0 Å². The molecule has 6 nitrogen and oxygen atoms in total. The Labute approximate surface area is 97.3 Å². The van der Waals surface area contributed by atoms with E-state index in [1.54, 1.807) is 10.7 Å². The molecule has 2 aromatic heterocycles. The molecule has 0 radical (unpaired) electrons. The van der Waals surface area contributed by atoms with Crippen molar-refractivity contribution in [3.8, 4) is 0 Å². The predicted octanol–water partition coefficient (Wildman–Crippen LogP) is 0.788. The molecule has 7 heteroatoms. The monoisotopic (exact) mass is 236 g/mol. The Morgan fingerprint density at radius 1 is 1.44 bits per heavy atom. The van der Waals surface area contributed by atoms with Crippen molar-refractivity contribution >= 4 is 17.6 Å². The minimum Gasteiger partial charge on any atom is -0.384 e. The maximum Gasteiger partial charge on any atom is 0.190 e. The number of aromatic nitrogens is 5. The summed E-state index contributed by atoms with van der Waals surface area (Å²) in [6.45, 7) is 1.89. The summed E-state index contributed by atoms with van der Waals surface area (Å²) in [6.07, 6.45) is 1.87. The molecule has 2 rings (SSSR count). The molecule has 2 heterocycles. The van der Waals surface area contributed by atoms with Crippen molar-refractivity contribution in [2.24, 2.45) is 7.05 Å². The summed E-state index contributed by atoms with van der Waals surface area (Å²) in [7, 11) is 1.84. The number of thioether (sulfide) groups is 1. The van der Waals surface area contributed by atoms with E-state index in [0.717, 1.165) is 11.4 Å². The first kappa shape index (κ1) is 10.9. The van der Waals surface area contributed by atoms with E-state index in [1.807, 2.05) is 20.2 Å². The van der Waals surface area contributed by atoms with Crippen LogP contribution in [0.2, 0.25) is 0 Å². The highest BCUT2D eigenvalue weighted by molar-refractivity contribution is 7.98. The van der Waals surface area contributed by atoms with Crippen LogP contribution in [0.15, 0.2) is 17.4 Å². The van der Waals surface area contributed by atoms with Gasteiger partial charge in [-0.25, -0.2) is 9.97 Å². The molecule has 84 valence electrons. The average Bonchev–Trinajstić information content (AvgIpc) is 2.60. The van der Waals surface area contributed by atoms with Gasteiger partial charge < -0.3 is 5.73 Å². The molecule has 0 aromatic carbocycles. The molecule has 2 N–H and O–H groups in total. The van der Waals surface area contributed by atoms with Gasteiger partial charge in [-0.15, -0.1) is 5.10 Å². The molecule has 0 fully saturated rings. The molecule has 0 aliphatic rings. The van der Waals surface area contributed by atoms with Crippen molar-refractivity contribution in [1.82, 2.24) is 25.0 Å². The van der Waals surface area contributed by atoms with Crippen molar-refractivity contribution in [3.05, 3.63) is 23.7 Å². The van der Waals surface area contributed by atoms with Gasteiger partial charge in [-0.3, -0.25) is 4.68 Å². The second kappa shape index (κ2) is 4.48. The second-order valence-electron chi connectivity index (χ2n) is 3.39. The van der Waals surface area contributed by atoms with E-state index in [0.29, 0.717) is 16.7 Å². The van der Waals surface area contributed by atoms with Crippen molar-refractivity contribution in [3.63, 3.8) is 0 Å². The number of nitrogen functional groups attached to an aromatic ring is 1. The first-order valence-corrected chi connectivity index (χ1v) is 5.71. The number of nitrogens with zero attached hydrogens (tertiary/aromatic N) is 5. The van der Waals surface area contributed by atoms with Gasteiger partial charge in [0.15, 0.2) is 5.16 Å². The first-order valence-electron chi connectivity index (χ1n) is 4.72. The van der Waals surface area contributed by atoms with Crippen LogP contribution in [0, 0.1) is 6.92 Å². The lowest BCUT2D eigenvalue weighted by Crippen LogP contribution is -1.96. The van der Waals surface area contributed by atoms with E-state index in [-0.39, 0.29) is 0 Å². The molecule has 0 saturated heterocycles. The van der Waals surface area contributed by atoms with Crippen LogP contribution in [0.3, 0.4) is 0 Å². The Morgan fingerprint density at radius 3 is 2.88 bits per heavy atom. The SMILES string of the molecule is Cc1cc(N)nc(SCc2cn(C)nn2)n1. The van der Waals surface area contributed by atoms with E-state index in [9.17, 15) is 0 Å². The van der Waals surface area contributed by atoms with Gasteiger partial charge in [0.1, 0.15) is 5.82 Å². The molecule has 0 spiro atoms. The summed E-state index contributed by atoms with van der Waals surface area (Å²) in [5.41, 5.74) is 7.40. The minimum atomic E-state index is 0.495. The molecule has 0 saturated carbocycles. The Morgan fingerprint density at radius 2 is 2.25 bits per heavy atom. The lowest BCUT2D eigenvalue weighted by atomic mass is 10.4. The molecule has 0 unspecified atom stereocenters. The van der Waals surface area contributed by atoms with E-state index >= 15 is 0 Å². The van der Waals surface area contributed by atoms with Gasteiger partial charge in [0.25, 0.3) is 0 Å². The Kier molecular flexibility index (Phi) is 3.04. The molecule has 0 amide bonds. The van der Waals surface area contributed by atoms with Crippen LogP contribution in [-0.4, -0.2) is 25.0 Å². The van der Waals surface area contributed by atoms with Gasteiger partial charge in [-0.05, 0) is 6.92 Å². The van der Waals surface area contributed by atoms with Gasteiger partial charge in [0.05, 0.1) is 5.69 Å². The summed E-state index contributed by atoms with van der Waals surface area (Å²) >= 11 is 1.50. The van der Waals surface area contributed by atoms with E-state index < -0.39 is 0 Å². The van der Waals surface area contributed by atoms with Crippen LogP contribution in [0.25, 0.3) is 0 Å². The third-order valence-corrected chi connectivity index (χ3v) is 2.73. The van der Waals surface area contributed by atoms with Gasteiger partial charge in [0, 0.05) is 30.8 Å². The number of rotatable bonds is 3. The third kappa shape index (κ3) is 2.69. The lowest BCUT2D eigenvalue weighted by molar-refractivity contribution is 0.714. The topological polar surface area (TPSA) is 82.5 Å². The summed E-state index contributed by atoms with van der Waals surface area (Å²) in [6, 6.07) is 1.74. The smallest absolute Gasteiger partial charge is 0.190 e. The van der Waals surface area contributed by atoms with E-state index in [2.05, 4.69) is 20.3 Å². The van der Waals surface area contributed by atoms with Gasteiger partial charge in [-0.1, -0.05) is 17.0 Å². The normalized spacial score (nSPS) is 10.6. The van der Waals surface area contributed by atoms with Crippen molar-refractivity contribution in [2.45, 2.75) is 17.8 Å². The van der Waals surface area contributed by atoms with Crippen LogP contribution in [0.1, 0.15) is 11.4 Å². The van der Waals surface area contributed by atoms with E-state index in [4.69, 9.17) is 5.73 Å². The molecular weight excluding hydrogens is 224 g/mol. The summed E-state index contributed by atoms with van der Waals surface area (Å²) in [4.78, 5) is 8.40. The van der Waals surface area contributed by atoms with Gasteiger partial charge in [-0.2, -0.15) is 0 Å². The van der Waals surface area contributed by atoms with Crippen molar-refractivity contribution in [2.75, 3.05) is 5.73 Å². The molecule has 0 aliphatic carbocycles. The average molecular weight is 236 g/mol. The zero-order valence-electron chi connectivity index (χ0n) is 9.08.